The van der Waals surface area contributed by atoms with Crippen LogP contribution in [0, 0.1) is 0 Å². The fraction of sp³-hybridized carbons (Fsp3) is 0.600. The third kappa shape index (κ3) is 3.24. The molecule has 98 valence electrons. The number of hydrogen-bond acceptors (Lipinski definition) is 3. The molecular weight excluding hydrogens is 224 g/mol. The van der Waals surface area contributed by atoms with Gasteiger partial charge in [-0.1, -0.05) is 18.2 Å². The third-order valence-corrected chi connectivity index (χ3v) is 3.70. The van der Waals surface area contributed by atoms with Crippen LogP contribution in [0.1, 0.15) is 18.4 Å². The van der Waals surface area contributed by atoms with E-state index in [0.717, 1.165) is 31.8 Å². The summed E-state index contributed by atoms with van der Waals surface area (Å²) in [5, 5.41) is 3.39. The summed E-state index contributed by atoms with van der Waals surface area (Å²) in [5.41, 5.74) is 1.36. The van der Waals surface area contributed by atoms with Gasteiger partial charge in [-0.05, 0) is 30.9 Å². The van der Waals surface area contributed by atoms with E-state index >= 15 is 0 Å². The zero-order chi connectivity index (χ0) is 12.2. The van der Waals surface area contributed by atoms with Crippen LogP contribution in [-0.2, 0) is 6.42 Å². The molecule has 0 amide bonds. The van der Waals surface area contributed by atoms with Gasteiger partial charge < -0.3 is 15.0 Å². The number of nitrogens with one attached hydrogen (secondary N) is 1. The Labute approximate surface area is 109 Å². The van der Waals surface area contributed by atoms with Crippen molar-refractivity contribution in [2.45, 2.75) is 25.4 Å². The lowest BCUT2D eigenvalue weighted by Gasteiger charge is -2.27. The largest absolute Gasteiger partial charge is 0.490 e. The number of nitrogens with zero attached hydrogens (tertiary/aromatic N) is 1. The second kappa shape index (κ2) is 5.72. The number of hydrogen-bond donors (Lipinski definition) is 1. The van der Waals surface area contributed by atoms with Gasteiger partial charge in [0.2, 0.25) is 0 Å². The minimum atomic E-state index is 0.491. The predicted molar refractivity (Wildman–Crippen MR) is 73.1 cm³/mol. The maximum Gasteiger partial charge on any atom is 0.122 e. The van der Waals surface area contributed by atoms with Gasteiger partial charge in [0.25, 0.3) is 0 Å². The molecule has 0 unspecified atom stereocenters. The Balaban J connectivity index is 1.56. The van der Waals surface area contributed by atoms with Gasteiger partial charge in [-0.3, -0.25) is 0 Å². The molecule has 1 aromatic rings. The lowest BCUT2D eigenvalue weighted by atomic mass is 10.1. The number of rotatable bonds is 5. The summed E-state index contributed by atoms with van der Waals surface area (Å²) in [6.07, 6.45) is 4.05. The number of piperazine rings is 1. The van der Waals surface area contributed by atoms with E-state index in [-0.39, 0.29) is 0 Å². The standard InChI is InChI=1S/C15H22N2O/c1-2-4-15(18-14-5-6-14)13(3-1)7-10-17-11-8-16-9-12-17/h1-4,14,16H,5-12H2. The molecule has 0 spiro atoms. The summed E-state index contributed by atoms with van der Waals surface area (Å²) in [7, 11) is 0. The molecule has 18 heavy (non-hydrogen) atoms. The SMILES string of the molecule is c1ccc(OC2CC2)c(CCN2CCNCC2)c1. The number of para-hydroxylation sites is 1. The molecule has 1 aliphatic carbocycles. The zero-order valence-corrected chi connectivity index (χ0v) is 10.9. The fourth-order valence-electron chi connectivity index (χ4n) is 2.40. The first-order chi connectivity index (χ1) is 8.92. The van der Waals surface area contributed by atoms with Gasteiger partial charge in [0.15, 0.2) is 0 Å². The van der Waals surface area contributed by atoms with Crippen LogP contribution < -0.4 is 10.1 Å². The monoisotopic (exact) mass is 246 g/mol. The first-order valence-electron chi connectivity index (χ1n) is 7.09. The molecule has 2 aliphatic rings. The summed E-state index contributed by atoms with van der Waals surface area (Å²) >= 11 is 0. The molecule has 2 fully saturated rings. The molecule has 0 aromatic heterocycles. The highest BCUT2D eigenvalue weighted by Crippen LogP contribution is 2.29. The van der Waals surface area contributed by atoms with E-state index in [1.807, 2.05) is 0 Å². The van der Waals surface area contributed by atoms with Gasteiger partial charge in [0, 0.05) is 32.7 Å². The van der Waals surface area contributed by atoms with Crippen LogP contribution in [0.4, 0.5) is 0 Å². The highest BCUT2D eigenvalue weighted by molar-refractivity contribution is 5.34. The molecule has 1 heterocycles. The summed E-state index contributed by atoms with van der Waals surface area (Å²) in [6.45, 7) is 5.74. The summed E-state index contributed by atoms with van der Waals surface area (Å²) in [4.78, 5) is 2.53. The van der Waals surface area contributed by atoms with Crippen LogP contribution in [-0.4, -0.2) is 43.7 Å². The molecular formula is C15H22N2O. The van der Waals surface area contributed by atoms with Crippen LogP contribution in [0.25, 0.3) is 0 Å². The van der Waals surface area contributed by atoms with Crippen molar-refractivity contribution < 1.29 is 4.74 Å². The lowest BCUT2D eigenvalue weighted by molar-refractivity contribution is 0.241. The Morgan fingerprint density at radius 1 is 1.17 bits per heavy atom. The van der Waals surface area contributed by atoms with Crippen LogP contribution in [0.15, 0.2) is 24.3 Å². The lowest BCUT2D eigenvalue weighted by Crippen LogP contribution is -2.44. The Morgan fingerprint density at radius 3 is 2.72 bits per heavy atom. The van der Waals surface area contributed by atoms with Crippen molar-refractivity contribution in [3.63, 3.8) is 0 Å². The van der Waals surface area contributed by atoms with Crippen molar-refractivity contribution in [2.24, 2.45) is 0 Å². The van der Waals surface area contributed by atoms with E-state index in [1.165, 1.54) is 31.5 Å². The van der Waals surface area contributed by atoms with E-state index in [1.54, 1.807) is 0 Å². The second-order valence-electron chi connectivity index (χ2n) is 5.27. The minimum Gasteiger partial charge on any atom is -0.490 e. The smallest absolute Gasteiger partial charge is 0.122 e. The van der Waals surface area contributed by atoms with Crippen molar-refractivity contribution in [1.82, 2.24) is 10.2 Å². The Kier molecular flexibility index (Phi) is 3.81. The normalized spacial score (nSPS) is 20.9. The molecule has 1 aliphatic heterocycles. The molecule has 1 aromatic carbocycles. The van der Waals surface area contributed by atoms with Crippen LogP contribution in [0.2, 0.25) is 0 Å². The van der Waals surface area contributed by atoms with Gasteiger partial charge in [-0.25, -0.2) is 0 Å². The quantitative estimate of drug-likeness (QED) is 0.855. The van der Waals surface area contributed by atoms with E-state index < -0.39 is 0 Å². The molecule has 3 nitrogen and oxygen atoms in total. The van der Waals surface area contributed by atoms with Gasteiger partial charge in [-0.15, -0.1) is 0 Å². The van der Waals surface area contributed by atoms with Crippen molar-refractivity contribution in [3.8, 4) is 5.75 Å². The van der Waals surface area contributed by atoms with Gasteiger partial charge in [-0.2, -0.15) is 0 Å². The first kappa shape index (κ1) is 12.0. The number of ether oxygens (including phenoxy) is 1. The van der Waals surface area contributed by atoms with Gasteiger partial charge in [0.1, 0.15) is 5.75 Å². The van der Waals surface area contributed by atoms with Crippen molar-refractivity contribution >= 4 is 0 Å². The highest BCUT2D eigenvalue weighted by atomic mass is 16.5. The molecule has 3 rings (SSSR count). The van der Waals surface area contributed by atoms with E-state index in [9.17, 15) is 0 Å². The summed E-state index contributed by atoms with van der Waals surface area (Å²) in [6, 6.07) is 8.52. The molecule has 0 atom stereocenters. The highest BCUT2D eigenvalue weighted by Gasteiger charge is 2.24. The molecule has 1 saturated carbocycles. The maximum atomic E-state index is 5.97. The Hall–Kier alpha value is -1.06. The maximum absolute atomic E-state index is 5.97. The summed E-state index contributed by atoms with van der Waals surface area (Å²) in [5.74, 6) is 1.11. The van der Waals surface area contributed by atoms with Gasteiger partial charge >= 0.3 is 0 Å². The van der Waals surface area contributed by atoms with Crippen LogP contribution in [0.3, 0.4) is 0 Å². The summed E-state index contributed by atoms with van der Waals surface area (Å²) < 4.78 is 5.97. The molecule has 0 bridgehead atoms. The van der Waals surface area contributed by atoms with Crippen LogP contribution >= 0.6 is 0 Å². The van der Waals surface area contributed by atoms with Crippen molar-refractivity contribution in [1.29, 1.82) is 0 Å². The molecule has 3 heteroatoms. The molecule has 1 saturated heterocycles. The first-order valence-corrected chi connectivity index (χ1v) is 7.09. The second-order valence-corrected chi connectivity index (χ2v) is 5.27. The van der Waals surface area contributed by atoms with E-state index in [0.29, 0.717) is 6.10 Å². The predicted octanol–water partition coefficient (Wildman–Crippen LogP) is 1.68. The number of benzene rings is 1. The third-order valence-electron chi connectivity index (χ3n) is 3.70. The average molecular weight is 246 g/mol. The topological polar surface area (TPSA) is 24.5 Å². The Bertz CT molecular complexity index is 384. The van der Waals surface area contributed by atoms with Crippen molar-refractivity contribution in [3.05, 3.63) is 29.8 Å². The fourth-order valence-corrected chi connectivity index (χ4v) is 2.40. The van der Waals surface area contributed by atoms with E-state index in [4.69, 9.17) is 4.74 Å². The molecule has 1 N–H and O–H groups in total. The van der Waals surface area contributed by atoms with E-state index in [2.05, 4.69) is 34.5 Å². The molecule has 0 radical (unpaired) electrons. The van der Waals surface area contributed by atoms with Crippen molar-refractivity contribution in [2.75, 3.05) is 32.7 Å². The van der Waals surface area contributed by atoms with Gasteiger partial charge in [0.05, 0.1) is 6.10 Å². The zero-order valence-electron chi connectivity index (χ0n) is 10.9. The minimum absolute atomic E-state index is 0.491. The van der Waals surface area contributed by atoms with Crippen LogP contribution in [0.5, 0.6) is 5.75 Å². The Morgan fingerprint density at radius 2 is 1.94 bits per heavy atom. The average Bonchev–Trinajstić information content (AvgIpc) is 3.23.